The van der Waals surface area contributed by atoms with Gasteiger partial charge in [0.1, 0.15) is 18.0 Å². The van der Waals surface area contributed by atoms with Gasteiger partial charge in [0.25, 0.3) is 5.91 Å². The zero-order valence-electron chi connectivity index (χ0n) is 15.6. The van der Waals surface area contributed by atoms with Crippen molar-refractivity contribution < 1.29 is 13.6 Å². The molecule has 29 heavy (non-hydrogen) atoms. The molecule has 148 valence electrons. The normalized spacial score (nSPS) is 13.6. The van der Waals surface area contributed by atoms with Crippen LogP contribution in [0.1, 0.15) is 21.6 Å². The lowest BCUT2D eigenvalue weighted by atomic mass is 10.0. The van der Waals surface area contributed by atoms with Crippen molar-refractivity contribution >= 4 is 34.6 Å². The van der Waals surface area contributed by atoms with Gasteiger partial charge in [-0.05, 0) is 55.8 Å². The molecule has 3 aromatic rings. The summed E-state index contributed by atoms with van der Waals surface area (Å²) in [5.74, 6) is -1.80. The lowest BCUT2D eigenvalue weighted by Gasteiger charge is -2.39. The number of anilines is 3. The number of hydrogen-bond acceptors (Lipinski definition) is 3. The quantitative estimate of drug-likeness (QED) is 0.661. The molecule has 8 heteroatoms. The van der Waals surface area contributed by atoms with Crippen LogP contribution in [0.4, 0.5) is 25.8 Å². The summed E-state index contributed by atoms with van der Waals surface area (Å²) in [4.78, 5) is 30.5. The topological polar surface area (TPSA) is 56.4 Å². The van der Waals surface area contributed by atoms with Crippen molar-refractivity contribution in [2.24, 2.45) is 0 Å². The number of nitrogens with one attached hydrogen (secondary N) is 1. The van der Waals surface area contributed by atoms with Gasteiger partial charge in [-0.1, -0.05) is 11.6 Å². The van der Waals surface area contributed by atoms with Crippen molar-refractivity contribution in [3.8, 4) is 0 Å². The van der Waals surface area contributed by atoms with Gasteiger partial charge < -0.3 is 9.88 Å². The highest BCUT2D eigenvalue weighted by atomic mass is 35.5. The molecule has 0 aliphatic carbocycles. The molecule has 5 nitrogen and oxygen atoms in total. The largest absolute Gasteiger partial charge is 0.324 e. The number of H-pyrrole nitrogens is 1. The zero-order valence-corrected chi connectivity index (χ0v) is 16.3. The first-order chi connectivity index (χ1) is 13.8. The Labute approximate surface area is 170 Å². The Morgan fingerprint density at radius 1 is 0.931 bits per heavy atom. The predicted octanol–water partition coefficient (Wildman–Crippen LogP) is 4.68. The summed E-state index contributed by atoms with van der Waals surface area (Å²) in [6.07, 6.45) is 0. The first kappa shape index (κ1) is 19.1. The smallest absolute Gasteiger partial charge is 0.264 e. The van der Waals surface area contributed by atoms with Gasteiger partial charge in [0.15, 0.2) is 5.82 Å². The Hall–Kier alpha value is -3.19. The highest BCUT2D eigenvalue weighted by Gasteiger charge is 2.35. The Morgan fingerprint density at radius 2 is 1.62 bits per heavy atom. The van der Waals surface area contributed by atoms with Crippen LogP contribution in [-0.4, -0.2) is 17.6 Å². The number of amides is 1. The van der Waals surface area contributed by atoms with Crippen LogP contribution in [-0.2, 0) is 0 Å². The minimum absolute atomic E-state index is 0.0479. The number of aromatic nitrogens is 1. The average molecular weight is 416 g/mol. The Balaban J connectivity index is 1.95. The zero-order chi connectivity index (χ0) is 20.9. The fourth-order valence-electron chi connectivity index (χ4n) is 3.56. The Bertz CT molecular complexity index is 1210. The summed E-state index contributed by atoms with van der Waals surface area (Å²) in [7, 11) is 0. The van der Waals surface area contributed by atoms with Gasteiger partial charge in [-0.3, -0.25) is 14.5 Å². The molecule has 1 aliphatic rings. The van der Waals surface area contributed by atoms with E-state index in [9.17, 15) is 18.4 Å². The van der Waals surface area contributed by atoms with E-state index in [1.165, 1.54) is 35.2 Å². The van der Waals surface area contributed by atoms with E-state index in [0.29, 0.717) is 28.3 Å². The predicted molar refractivity (Wildman–Crippen MR) is 108 cm³/mol. The summed E-state index contributed by atoms with van der Waals surface area (Å²) in [6, 6.07) is 10.0. The number of nitrogens with zero attached hydrogens (tertiary/aromatic N) is 2. The molecule has 0 atom stereocenters. The highest BCUT2D eigenvalue weighted by Crippen LogP contribution is 2.40. The molecule has 1 N–H and O–H groups in total. The van der Waals surface area contributed by atoms with Crippen molar-refractivity contribution in [3.63, 3.8) is 0 Å². The average Bonchev–Trinajstić information content (AvgIpc) is 2.66. The van der Waals surface area contributed by atoms with Crippen LogP contribution >= 0.6 is 11.6 Å². The molecule has 0 fully saturated rings. The van der Waals surface area contributed by atoms with Gasteiger partial charge >= 0.3 is 0 Å². The fourth-order valence-corrected chi connectivity index (χ4v) is 3.72. The van der Waals surface area contributed by atoms with Gasteiger partial charge in [-0.15, -0.1) is 0 Å². The molecule has 4 rings (SSSR count). The van der Waals surface area contributed by atoms with Crippen LogP contribution in [0.3, 0.4) is 0 Å². The third kappa shape index (κ3) is 3.17. The second kappa shape index (κ2) is 7.00. The number of pyridine rings is 1. The van der Waals surface area contributed by atoms with Gasteiger partial charge in [-0.2, -0.15) is 0 Å². The minimum Gasteiger partial charge on any atom is -0.324 e. The molecule has 0 unspecified atom stereocenters. The van der Waals surface area contributed by atoms with Gasteiger partial charge in [0.2, 0.25) is 5.56 Å². The fraction of sp³-hybridized carbons (Fsp3) is 0.143. The van der Waals surface area contributed by atoms with Crippen molar-refractivity contribution in [3.05, 3.63) is 86.3 Å². The lowest BCUT2D eigenvalue weighted by molar-refractivity contribution is 0.0979. The molecule has 0 saturated heterocycles. The van der Waals surface area contributed by atoms with E-state index in [1.807, 2.05) is 0 Å². The Kier molecular flexibility index (Phi) is 4.62. The molecular formula is C21H16ClF2N3O2. The second-order valence-electron chi connectivity index (χ2n) is 6.82. The van der Waals surface area contributed by atoms with Crippen LogP contribution < -0.4 is 15.4 Å². The molecule has 1 aromatic heterocycles. The number of fused-ring (bicyclic) bond motifs is 1. The minimum atomic E-state index is -0.828. The van der Waals surface area contributed by atoms with E-state index >= 15 is 0 Å². The van der Waals surface area contributed by atoms with E-state index in [4.69, 9.17) is 11.6 Å². The molecular weight excluding hydrogens is 400 g/mol. The number of carbonyl (C=O) groups is 1. The van der Waals surface area contributed by atoms with Crippen LogP contribution in [0.25, 0.3) is 0 Å². The summed E-state index contributed by atoms with van der Waals surface area (Å²) >= 11 is 5.94. The van der Waals surface area contributed by atoms with E-state index in [1.54, 1.807) is 30.9 Å². The van der Waals surface area contributed by atoms with E-state index in [0.717, 1.165) is 0 Å². The first-order valence-corrected chi connectivity index (χ1v) is 9.19. The van der Waals surface area contributed by atoms with E-state index in [2.05, 4.69) is 4.98 Å². The SMILES string of the molecule is Cc1cc(F)ccc1N1CN(c2ccc(=O)[nH]c2C)C(=O)c2c1ccc(Cl)c2F. The van der Waals surface area contributed by atoms with Crippen molar-refractivity contribution in [2.75, 3.05) is 16.5 Å². The summed E-state index contributed by atoms with van der Waals surface area (Å²) < 4.78 is 28.5. The van der Waals surface area contributed by atoms with E-state index in [-0.39, 0.29) is 22.8 Å². The number of rotatable bonds is 2. The maximum Gasteiger partial charge on any atom is 0.264 e. The summed E-state index contributed by atoms with van der Waals surface area (Å²) in [5.41, 5.74) is 1.99. The molecule has 0 bridgehead atoms. The van der Waals surface area contributed by atoms with E-state index < -0.39 is 17.5 Å². The van der Waals surface area contributed by atoms with Gasteiger partial charge in [0, 0.05) is 17.4 Å². The number of halogens is 3. The lowest BCUT2D eigenvalue weighted by Crippen LogP contribution is -2.46. The molecule has 0 spiro atoms. The standard InChI is InChI=1S/C21H16ClF2N3O2/c1-11-9-13(23)3-5-15(11)26-10-27(16-7-8-18(28)25-12(16)2)21(29)19-17(26)6-4-14(22)20(19)24/h3-9H,10H2,1-2H3,(H,25,28). The van der Waals surface area contributed by atoms with Gasteiger partial charge in [0.05, 0.1) is 16.4 Å². The molecule has 1 aliphatic heterocycles. The second-order valence-corrected chi connectivity index (χ2v) is 7.23. The number of aryl methyl sites for hydroxylation is 2. The van der Waals surface area contributed by atoms with Crippen molar-refractivity contribution in [2.45, 2.75) is 13.8 Å². The summed E-state index contributed by atoms with van der Waals surface area (Å²) in [5, 5.41) is -0.173. The van der Waals surface area contributed by atoms with Crippen LogP contribution in [0.15, 0.2) is 47.3 Å². The van der Waals surface area contributed by atoms with Crippen molar-refractivity contribution in [1.29, 1.82) is 0 Å². The molecule has 2 aromatic carbocycles. The number of hydrogen-bond donors (Lipinski definition) is 1. The first-order valence-electron chi connectivity index (χ1n) is 8.81. The van der Waals surface area contributed by atoms with Gasteiger partial charge in [-0.25, -0.2) is 8.78 Å². The summed E-state index contributed by atoms with van der Waals surface area (Å²) in [6.45, 7) is 3.43. The van der Waals surface area contributed by atoms with Crippen LogP contribution in [0, 0.1) is 25.5 Å². The monoisotopic (exact) mass is 415 g/mol. The highest BCUT2D eigenvalue weighted by molar-refractivity contribution is 6.31. The Morgan fingerprint density at radius 3 is 2.31 bits per heavy atom. The maximum absolute atomic E-state index is 14.9. The maximum atomic E-state index is 14.9. The third-order valence-corrected chi connectivity index (χ3v) is 5.23. The van der Waals surface area contributed by atoms with Crippen LogP contribution in [0.2, 0.25) is 5.02 Å². The van der Waals surface area contributed by atoms with Crippen LogP contribution in [0.5, 0.6) is 0 Å². The molecule has 0 radical (unpaired) electrons. The van der Waals surface area contributed by atoms with Crippen molar-refractivity contribution in [1.82, 2.24) is 4.98 Å². The number of aromatic amines is 1. The molecule has 1 amide bonds. The third-order valence-electron chi connectivity index (χ3n) is 4.93. The number of benzene rings is 2. The molecule has 0 saturated carbocycles. The molecule has 2 heterocycles. The number of carbonyl (C=O) groups excluding carboxylic acids is 1.